The van der Waals surface area contributed by atoms with Gasteiger partial charge in [-0.25, -0.2) is 0 Å². The van der Waals surface area contributed by atoms with E-state index in [4.69, 9.17) is 21.7 Å². The molecule has 34 heavy (non-hydrogen) atoms. The van der Waals surface area contributed by atoms with Crippen molar-refractivity contribution < 1.29 is 23.9 Å². The fraction of sp³-hybridized carbons (Fsp3) is 0.250. The highest BCUT2D eigenvalue weighted by molar-refractivity contribution is 8.26. The van der Waals surface area contributed by atoms with E-state index in [1.54, 1.807) is 24.3 Å². The van der Waals surface area contributed by atoms with E-state index in [2.05, 4.69) is 10.7 Å². The lowest BCUT2D eigenvalue weighted by Crippen LogP contribution is -2.43. The maximum Gasteiger partial charge on any atom is 0.285 e. The van der Waals surface area contributed by atoms with Crippen LogP contribution in [0.4, 0.5) is 5.69 Å². The molecule has 10 heteroatoms. The van der Waals surface area contributed by atoms with Crippen molar-refractivity contribution in [1.82, 2.24) is 10.4 Å². The molecule has 0 aromatic heterocycles. The standard InChI is InChI=1S/C24H25N3O5S2/c1-13-8-14(2)22(15(3)9-13)25-21(29)12-32-18-7-6-17(10-19(18)31-5)11-20-23(30)27(24(33)34-20)26-16(4)28/h6-11H,12H2,1-5H3,(H,25,29)(H,26,28)/b20-11-. The van der Waals surface area contributed by atoms with E-state index >= 15 is 0 Å². The number of thioether (sulfide) groups is 1. The van der Waals surface area contributed by atoms with Crippen molar-refractivity contribution in [3.8, 4) is 11.5 Å². The molecule has 1 aliphatic heterocycles. The van der Waals surface area contributed by atoms with Crippen LogP contribution in [0.25, 0.3) is 6.08 Å². The molecule has 1 fully saturated rings. The van der Waals surface area contributed by atoms with E-state index in [1.807, 2.05) is 32.9 Å². The highest BCUT2D eigenvalue weighted by atomic mass is 32.2. The number of nitrogens with zero attached hydrogens (tertiary/aromatic N) is 1. The summed E-state index contributed by atoms with van der Waals surface area (Å²) in [5, 5.41) is 3.94. The lowest BCUT2D eigenvalue weighted by atomic mass is 10.1. The first-order valence-electron chi connectivity index (χ1n) is 10.3. The summed E-state index contributed by atoms with van der Waals surface area (Å²) in [4.78, 5) is 36.6. The van der Waals surface area contributed by atoms with Crippen LogP contribution >= 0.6 is 24.0 Å². The minimum absolute atomic E-state index is 0.197. The first-order chi connectivity index (χ1) is 16.1. The summed E-state index contributed by atoms with van der Waals surface area (Å²) in [7, 11) is 1.49. The Bertz CT molecular complexity index is 1190. The van der Waals surface area contributed by atoms with Gasteiger partial charge in [-0.15, -0.1) is 0 Å². The molecule has 2 aromatic rings. The zero-order valence-corrected chi connectivity index (χ0v) is 21.1. The van der Waals surface area contributed by atoms with Gasteiger partial charge in [-0.3, -0.25) is 19.8 Å². The predicted octanol–water partition coefficient (Wildman–Crippen LogP) is 3.89. The Labute approximate surface area is 207 Å². The lowest BCUT2D eigenvalue weighted by molar-refractivity contribution is -0.131. The average molecular weight is 500 g/mol. The molecule has 2 aromatic carbocycles. The van der Waals surface area contributed by atoms with Crippen LogP contribution in [0, 0.1) is 20.8 Å². The van der Waals surface area contributed by atoms with Crippen LogP contribution in [0.5, 0.6) is 11.5 Å². The van der Waals surface area contributed by atoms with Gasteiger partial charge in [-0.1, -0.05) is 35.5 Å². The highest BCUT2D eigenvalue weighted by Gasteiger charge is 2.33. The molecule has 0 bridgehead atoms. The van der Waals surface area contributed by atoms with Gasteiger partial charge in [-0.05, 0) is 67.9 Å². The van der Waals surface area contributed by atoms with Crippen LogP contribution in [-0.4, -0.2) is 40.8 Å². The van der Waals surface area contributed by atoms with Crippen molar-refractivity contribution >= 4 is 57.8 Å². The van der Waals surface area contributed by atoms with E-state index in [9.17, 15) is 14.4 Å². The maximum atomic E-state index is 12.5. The smallest absolute Gasteiger partial charge is 0.285 e. The molecule has 0 saturated carbocycles. The monoisotopic (exact) mass is 499 g/mol. The van der Waals surface area contributed by atoms with Gasteiger partial charge in [0.2, 0.25) is 5.91 Å². The van der Waals surface area contributed by atoms with Crippen molar-refractivity contribution in [2.75, 3.05) is 19.0 Å². The molecular weight excluding hydrogens is 474 g/mol. The van der Waals surface area contributed by atoms with Gasteiger partial charge in [0.05, 0.1) is 12.0 Å². The van der Waals surface area contributed by atoms with Crippen molar-refractivity contribution in [2.45, 2.75) is 27.7 Å². The van der Waals surface area contributed by atoms with E-state index in [0.29, 0.717) is 22.0 Å². The second kappa shape index (κ2) is 10.7. The summed E-state index contributed by atoms with van der Waals surface area (Å²) in [6.45, 7) is 7.01. The SMILES string of the molecule is COc1cc(/C=C2\SC(=S)N(NC(C)=O)C2=O)ccc1OCC(=O)Nc1c(C)cc(C)cc1C. The fourth-order valence-electron chi connectivity index (χ4n) is 3.46. The third-order valence-corrected chi connectivity index (χ3v) is 6.15. The molecule has 178 valence electrons. The zero-order valence-electron chi connectivity index (χ0n) is 19.5. The van der Waals surface area contributed by atoms with E-state index in [-0.39, 0.29) is 16.8 Å². The largest absolute Gasteiger partial charge is 0.493 e. The predicted molar refractivity (Wildman–Crippen MR) is 137 cm³/mol. The topological polar surface area (TPSA) is 97.0 Å². The molecule has 0 atom stereocenters. The normalized spacial score (nSPS) is 14.4. The maximum absolute atomic E-state index is 12.5. The lowest BCUT2D eigenvalue weighted by Gasteiger charge is -2.14. The first kappa shape index (κ1) is 25.3. The second-order valence-electron chi connectivity index (χ2n) is 7.71. The number of rotatable bonds is 7. The molecule has 1 heterocycles. The van der Waals surface area contributed by atoms with Gasteiger partial charge in [0.15, 0.2) is 22.4 Å². The Morgan fingerprint density at radius 2 is 1.79 bits per heavy atom. The third kappa shape index (κ3) is 5.95. The number of thiocarbonyl (C=S) groups is 1. The second-order valence-corrected chi connectivity index (χ2v) is 9.38. The van der Waals surface area contributed by atoms with Crippen LogP contribution in [0.15, 0.2) is 35.2 Å². The minimum Gasteiger partial charge on any atom is -0.493 e. The molecule has 0 radical (unpaired) electrons. The van der Waals surface area contributed by atoms with Crippen molar-refractivity contribution in [2.24, 2.45) is 0 Å². The van der Waals surface area contributed by atoms with Crippen molar-refractivity contribution in [3.63, 3.8) is 0 Å². The van der Waals surface area contributed by atoms with Gasteiger partial charge < -0.3 is 14.8 Å². The quantitative estimate of drug-likeness (QED) is 0.441. The number of amides is 3. The minimum atomic E-state index is -0.414. The Morgan fingerprint density at radius 1 is 1.12 bits per heavy atom. The summed E-state index contributed by atoms with van der Waals surface area (Å²) in [5.41, 5.74) is 6.94. The van der Waals surface area contributed by atoms with Crippen LogP contribution in [-0.2, 0) is 14.4 Å². The van der Waals surface area contributed by atoms with Crippen LogP contribution in [0.2, 0.25) is 0 Å². The van der Waals surface area contributed by atoms with Crippen LogP contribution < -0.4 is 20.2 Å². The zero-order chi connectivity index (χ0) is 25.0. The van der Waals surface area contributed by atoms with Gasteiger partial charge >= 0.3 is 0 Å². The van der Waals surface area contributed by atoms with E-state index < -0.39 is 11.8 Å². The average Bonchev–Trinajstić information content (AvgIpc) is 3.02. The van der Waals surface area contributed by atoms with E-state index in [1.165, 1.54) is 14.0 Å². The summed E-state index contributed by atoms with van der Waals surface area (Å²) >= 11 is 6.24. The van der Waals surface area contributed by atoms with Gasteiger partial charge in [0.25, 0.3) is 11.8 Å². The number of benzene rings is 2. The van der Waals surface area contributed by atoms with E-state index in [0.717, 1.165) is 39.1 Å². The Hall–Kier alpha value is -3.37. The number of hydrazine groups is 1. The summed E-state index contributed by atoms with van der Waals surface area (Å²) in [5.74, 6) is -0.303. The molecule has 1 aliphatic rings. The van der Waals surface area contributed by atoms with Gasteiger partial charge in [-0.2, -0.15) is 5.01 Å². The number of anilines is 1. The highest BCUT2D eigenvalue weighted by Crippen LogP contribution is 2.34. The molecular formula is C24H25N3O5S2. The number of carbonyl (C=O) groups excluding carboxylic acids is 3. The third-order valence-electron chi connectivity index (χ3n) is 4.85. The number of ether oxygens (including phenoxy) is 2. The Balaban J connectivity index is 1.69. The first-order valence-corrected chi connectivity index (χ1v) is 11.5. The summed E-state index contributed by atoms with van der Waals surface area (Å²) in [6.07, 6.45) is 1.64. The number of hydrogen-bond donors (Lipinski definition) is 2. The number of hydrogen-bond acceptors (Lipinski definition) is 7. The molecule has 1 saturated heterocycles. The molecule has 0 unspecified atom stereocenters. The van der Waals surface area contributed by atoms with Gasteiger partial charge in [0, 0.05) is 12.6 Å². The fourth-order valence-corrected chi connectivity index (χ4v) is 4.64. The Kier molecular flexibility index (Phi) is 7.95. The molecule has 3 rings (SSSR count). The number of aryl methyl sites for hydroxylation is 3. The molecule has 0 aliphatic carbocycles. The van der Waals surface area contributed by atoms with Gasteiger partial charge in [0.1, 0.15) is 0 Å². The number of nitrogens with one attached hydrogen (secondary N) is 2. The molecule has 3 amide bonds. The number of methoxy groups -OCH3 is 1. The summed E-state index contributed by atoms with van der Waals surface area (Å²) < 4.78 is 11.3. The van der Waals surface area contributed by atoms with Crippen LogP contribution in [0.3, 0.4) is 0 Å². The summed E-state index contributed by atoms with van der Waals surface area (Å²) in [6, 6.07) is 9.10. The Morgan fingerprint density at radius 3 is 2.41 bits per heavy atom. The molecule has 8 nitrogen and oxygen atoms in total. The number of carbonyl (C=O) groups is 3. The van der Waals surface area contributed by atoms with Crippen molar-refractivity contribution in [3.05, 3.63) is 57.5 Å². The van der Waals surface area contributed by atoms with Crippen molar-refractivity contribution in [1.29, 1.82) is 0 Å². The van der Waals surface area contributed by atoms with Crippen LogP contribution in [0.1, 0.15) is 29.2 Å². The molecule has 2 N–H and O–H groups in total. The molecule has 0 spiro atoms.